The van der Waals surface area contributed by atoms with Crippen LogP contribution in [0.2, 0.25) is 0 Å². The standard InChI is InChI=1S/C18H33P.C15H11.2ClH.Ru/c1-4-10-16(11-5-1)19(17-12-6-2-7-13-17)18-14-8-3-9-15-18;1-2-6-12(7-3-1)15-11-10-13-8-4-5-9-14(13)15;;;/h16-18H,1-15H2;1-11H;2*1H;/q;-1;;;+2/p-2. The van der Waals surface area contributed by atoms with Gasteiger partial charge in [0.15, 0.2) is 0 Å². The van der Waals surface area contributed by atoms with Gasteiger partial charge < -0.3 is 0 Å². The molecule has 3 aromatic rings. The van der Waals surface area contributed by atoms with Crippen molar-refractivity contribution in [2.45, 2.75) is 113 Å². The third kappa shape index (κ3) is 8.84. The van der Waals surface area contributed by atoms with Gasteiger partial charge in [0.05, 0.1) is 0 Å². The Bertz CT molecular complexity index is 959. The van der Waals surface area contributed by atoms with Crippen LogP contribution in [-0.2, 0) is 15.1 Å². The van der Waals surface area contributed by atoms with E-state index in [-0.39, 0.29) is 15.1 Å². The SMILES string of the molecule is C1CCC(P(C2CCCCC2)C2CCCCC2)CC1.[Cl][Ru][Cl].c1ccc(-c2c[cH-]c3ccccc23)cc1. The molecule has 0 atom stereocenters. The molecule has 4 heteroatoms. The largest absolute Gasteiger partial charge is 0.150 e. The zero-order valence-electron chi connectivity index (χ0n) is 22.2. The van der Waals surface area contributed by atoms with Gasteiger partial charge in [0, 0.05) is 0 Å². The second-order valence-electron chi connectivity index (χ2n) is 11.1. The Balaban J connectivity index is 0.000000160. The van der Waals surface area contributed by atoms with Crippen LogP contribution in [0.25, 0.3) is 21.9 Å². The van der Waals surface area contributed by atoms with Crippen molar-refractivity contribution in [3.63, 3.8) is 0 Å². The quantitative estimate of drug-likeness (QED) is 0.151. The van der Waals surface area contributed by atoms with E-state index in [0.717, 1.165) is 0 Å². The predicted octanol–water partition coefficient (Wildman–Crippen LogP) is 12.1. The topological polar surface area (TPSA) is 0 Å². The van der Waals surface area contributed by atoms with E-state index >= 15 is 0 Å². The van der Waals surface area contributed by atoms with E-state index in [0.29, 0.717) is 7.92 Å². The van der Waals surface area contributed by atoms with E-state index in [1.54, 1.807) is 77.0 Å². The smallest absolute Gasteiger partial charge is 0.0623 e. The monoisotopic (exact) mass is 643 g/mol. The van der Waals surface area contributed by atoms with Crippen molar-refractivity contribution < 1.29 is 15.1 Å². The third-order valence-corrected chi connectivity index (χ3v) is 12.8. The number of hydrogen-bond donors (Lipinski definition) is 0. The molecule has 0 amide bonds. The predicted molar refractivity (Wildman–Crippen MR) is 164 cm³/mol. The van der Waals surface area contributed by atoms with Crippen molar-refractivity contribution in [1.82, 2.24) is 0 Å². The summed E-state index contributed by atoms with van der Waals surface area (Å²) in [6.07, 6.45) is 23.6. The second kappa shape index (κ2) is 16.7. The Morgan fingerprint density at radius 1 is 0.595 bits per heavy atom. The van der Waals surface area contributed by atoms with Crippen LogP contribution in [0.5, 0.6) is 0 Å². The summed E-state index contributed by atoms with van der Waals surface area (Å²) in [6.45, 7) is 0. The molecule has 0 N–H and O–H groups in total. The van der Waals surface area contributed by atoms with E-state index < -0.39 is 0 Å². The number of hydrogen-bond acceptors (Lipinski definition) is 0. The van der Waals surface area contributed by atoms with Crippen LogP contribution in [-0.4, -0.2) is 17.0 Å². The molecule has 0 unspecified atom stereocenters. The molecule has 3 aromatic carbocycles. The summed E-state index contributed by atoms with van der Waals surface area (Å²) in [5.74, 6) is 0. The Labute approximate surface area is 243 Å². The molecule has 0 nitrogen and oxygen atoms in total. The first-order valence-corrected chi connectivity index (χ1v) is 20.7. The molecular weight excluding hydrogens is 599 g/mol. The zero-order chi connectivity index (χ0) is 25.7. The van der Waals surface area contributed by atoms with Gasteiger partial charge in [0.1, 0.15) is 0 Å². The van der Waals surface area contributed by atoms with Crippen molar-refractivity contribution in [1.29, 1.82) is 0 Å². The summed E-state index contributed by atoms with van der Waals surface area (Å²) in [4.78, 5) is 0. The molecule has 0 aliphatic heterocycles. The van der Waals surface area contributed by atoms with Gasteiger partial charge in [-0.25, -0.2) is 0 Å². The minimum absolute atomic E-state index is 0.346. The van der Waals surface area contributed by atoms with Gasteiger partial charge in [-0.2, -0.15) is 0 Å². The fourth-order valence-corrected chi connectivity index (χ4v) is 11.7. The zero-order valence-corrected chi connectivity index (χ0v) is 26.4. The van der Waals surface area contributed by atoms with Gasteiger partial charge >= 0.3 is 34.5 Å². The average molecular weight is 644 g/mol. The van der Waals surface area contributed by atoms with Gasteiger partial charge in [0.25, 0.3) is 0 Å². The van der Waals surface area contributed by atoms with Crippen LogP contribution in [0.15, 0.2) is 66.7 Å². The molecule has 3 aliphatic rings. The average Bonchev–Trinajstić information content (AvgIpc) is 3.41. The maximum atomic E-state index is 4.85. The third-order valence-electron chi connectivity index (χ3n) is 8.75. The molecule has 6 rings (SSSR count). The van der Waals surface area contributed by atoms with Crippen LogP contribution in [0, 0.1) is 0 Å². The number of halogens is 2. The molecule has 0 radical (unpaired) electrons. The van der Waals surface area contributed by atoms with E-state index in [2.05, 4.69) is 66.7 Å². The first-order chi connectivity index (χ1) is 18.3. The first-order valence-electron chi connectivity index (χ1n) is 14.6. The summed E-state index contributed by atoms with van der Waals surface area (Å²) in [5, 5.41) is 2.65. The number of rotatable bonds is 4. The maximum absolute atomic E-state index is 4.85. The van der Waals surface area contributed by atoms with Crippen molar-refractivity contribution in [3.8, 4) is 11.1 Å². The van der Waals surface area contributed by atoms with Crippen molar-refractivity contribution >= 4 is 38.1 Å². The Morgan fingerprint density at radius 3 is 1.51 bits per heavy atom. The van der Waals surface area contributed by atoms with Gasteiger partial charge in [-0.05, 0) is 55.5 Å². The molecule has 3 fully saturated rings. The van der Waals surface area contributed by atoms with Crippen molar-refractivity contribution in [2.75, 3.05) is 0 Å². The van der Waals surface area contributed by atoms with Crippen LogP contribution in [0.1, 0.15) is 96.3 Å². The summed E-state index contributed by atoms with van der Waals surface area (Å²) < 4.78 is 0. The van der Waals surface area contributed by atoms with E-state index in [1.165, 1.54) is 58.1 Å². The van der Waals surface area contributed by atoms with Gasteiger partial charge in [-0.1, -0.05) is 108 Å². The summed E-state index contributed by atoms with van der Waals surface area (Å²) in [5.41, 5.74) is 6.18. The fraction of sp³-hybridized carbons (Fsp3) is 0.545. The molecule has 0 saturated heterocycles. The molecule has 3 aliphatic carbocycles. The molecule has 37 heavy (non-hydrogen) atoms. The van der Waals surface area contributed by atoms with Crippen molar-refractivity contribution in [3.05, 3.63) is 66.7 Å². The van der Waals surface area contributed by atoms with Crippen LogP contribution >= 0.6 is 27.3 Å². The summed E-state index contributed by atoms with van der Waals surface area (Å²) in [7, 11) is 10.1. The Morgan fingerprint density at radius 2 is 1.03 bits per heavy atom. The normalized spacial score (nSPS) is 19.8. The summed E-state index contributed by atoms with van der Waals surface area (Å²) >= 11 is -0.346. The summed E-state index contributed by atoms with van der Waals surface area (Å²) in [6, 6.07) is 23.4. The van der Waals surface area contributed by atoms with E-state index in [9.17, 15) is 0 Å². The molecule has 0 heterocycles. The van der Waals surface area contributed by atoms with Crippen LogP contribution < -0.4 is 0 Å². The van der Waals surface area contributed by atoms with Gasteiger partial charge in [-0.15, -0.1) is 46.7 Å². The molecule has 3 saturated carbocycles. The molecule has 0 aromatic heterocycles. The molecule has 204 valence electrons. The van der Waals surface area contributed by atoms with E-state index in [4.69, 9.17) is 19.4 Å². The van der Waals surface area contributed by atoms with Crippen molar-refractivity contribution in [2.24, 2.45) is 0 Å². The molecular formula is C33H44Cl2PRu-. The second-order valence-corrected chi connectivity index (χ2v) is 16.8. The molecule has 0 bridgehead atoms. The number of fused-ring (bicyclic) bond motifs is 1. The Hall–Kier alpha value is -0.317. The maximum Gasteiger partial charge on any atom is -0.0623 e. The van der Waals surface area contributed by atoms with Crippen LogP contribution in [0.4, 0.5) is 0 Å². The number of benzene rings is 2. The van der Waals surface area contributed by atoms with Gasteiger partial charge in [-0.3, -0.25) is 0 Å². The molecule has 0 spiro atoms. The minimum atomic E-state index is -0.346. The Kier molecular flexibility index (Phi) is 13.4. The first kappa shape index (κ1) is 29.7. The fourth-order valence-electron chi connectivity index (χ4n) is 7.05. The van der Waals surface area contributed by atoms with Crippen LogP contribution in [0.3, 0.4) is 0 Å². The van der Waals surface area contributed by atoms with Gasteiger partial charge in [0.2, 0.25) is 0 Å². The van der Waals surface area contributed by atoms with E-state index in [1.807, 2.05) is 0 Å². The minimum Gasteiger partial charge on any atom is -0.150 e.